The number of thioether (sulfide) groups is 1. The largest absolute Gasteiger partial charge is 0.461 e. The maximum Gasteiger partial charge on any atom is 0.316 e. The second-order valence-electron chi connectivity index (χ2n) is 13.8. The number of amides is 1. The highest BCUT2D eigenvalue weighted by atomic mass is 32.2. The molecule has 0 spiro atoms. The molecular formula is C31H50N2O7S. The van der Waals surface area contributed by atoms with E-state index in [2.05, 4.69) is 32.7 Å². The van der Waals surface area contributed by atoms with Gasteiger partial charge in [-0.15, -0.1) is 18.3 Å². The molecule has 0 aliphatic heterocycles. The molecule has 2 unspecified atom stereocenters. The zero-order valence-electron chi connectivity index (χ0n) is 25.0. The average molecular weight is 595 g/mol. The molecule has 9 nitrogen and oxygen atoms in total. The van der Waals surface area contributed by atoms with E-state index in [1.54, 1.807) is 6.08 Å². The smallest absolute Gasteiger partial charge is 0.316 e. The number of aliphatic hydroxyl groups excluding tert-OH is 3. The Labute approximate surface area is 248 Å². The van der Waals surface area contributed by atoms with Gasteiger partial charge in [0.25, 0.3) is 0 Å². The third-order valence-corrected chi connectivity index (χ3v) is 13.0. The van der Waals surface area contributed by atoms with Gasteiger partial charge in [-0.25, -0.2) is 0 Å². The lowest BCUT2D eigenvalue weighted by atomic mass is 9.44. The van der Waals surface area contributed by atoms with E-state index < -0.39 is 53.7 Å². The Kier molecular flexibility index (Phi) is 9.71. The van der Waals surface area contributed by atoms with Gasteiger partial charge in [-0.05, 0) is 62.2 Å². The molecule has 12 atom stereocenters. The molecule has 10 heteroatoms. The first kappa shape index (κ1) is 32.5. The van der Waals surface area contributed by atoms with Crippen LogP contribution in [0, 0.1) is 34.0 Å². The van der Waals surface area contributed by atoms with Crippen molar-refractivity contribution in [3.8, 4) is 0 Å². The van der Waals surface area contributed by atoms with E-state index in [1.807, 2.05) is 6.92 Å². The molecule has 4 aliphatic carbocycles. The van der Waals surface area contributed by atoms with Gasteiger partial charge >= 0.3 is 5.97 Å². The Morgan fingerprint density at radius 2 is 1.93 bits per heavy atom. The number of aliphatic hydroxyl groups is 3. The van der Waals surface area contributed by atoms with Crippen molar-refractivity contribution in [3.05, 3.63) is 12.7 Å². The molecule has 0 heterocycles. The minimum atomic E-state index is -0.997. The lowest BCUT2D eigenvalue weighted by Crippen LogP contribution is -2.63. The summed E-state index contributed by atoms with van der Waals surface area (Å²) in [5.74, 6) is -0.824. The lowest BCUT2D eigenvalue weighted by Gasteiger charge is -2.61. The molecule has 41 heavy (non-hydrogen) atoms. The van der Waals surface area contributed by atoms with Crippen molar-refractivity contribution < 1.29 is 34.4 Å². The Morgan fingerprint density at radius 1 is 1.22 bits per heavy atom. The molecule has 0 aromatic heterocycles. The van der Waals surface area contributed by atoms with Gasteiger partial charge in [-0.1, -0.05) is 33.8 Å². The first-order chi connectivity index (χ1) is 19.2. The summed E-state index contributed by atoms with van der Waals surface area (Å²) >= 11 is 1.31. The van der Waals surface area contributed by atoms with Crippen LogP contribution >= 0.6 is 11.8 Å². The molecule has 0 saturated heterocycles. The third kappa shape index (κ3) is 5.76. The molecule has 4 saturated carbocycles. The fourth-order valence-corrected chi connectivity index (χ4v) is 9.83. The highest BCUT2D eigenvalue weighted by Crippen LogP contribution is 2.68. The van der Waals surface area contributed by atoms with Gasteiger partial charge in [0.1, 0.15) is 17.9 Å². The van der Waals surface area contributed by atoms with Gasteiger partial charge in [0.15, 0.2) is 0 Å². The van der Waals surface area contributed by atoms with Crippen LogP contribution in [0.3, 0.4) is 0 Å². The average Bonchev–Trinajstić information content (AvgIpc) is 3.31. The Hall–Kier alpha value is -1.46. The molecule has 232 valence electrons. The molecule has 6 N–H and O–H groups in total. The van der Waals surface area contributed by atoms with Crippen LogP contribution in [0.25, 0.3) is 0 Å². The maximum atomic E-state index is 13.6. The second kappa shape index (κ2) is 12.3. The highest BCUT2D eigenvalue weighted by molar-refractivity contribution is 8.00. The maximum absolute atomic E-state index is 13.6. The summed E-state index contributed by atoms with van der Waals surface area (Å²) in [6.45, 7) is 12.0. The number of Topliss-reactive ketones (excluding diaryl/α,β-unsaturated/α-hetero) is 1. The summed E-state index contributed by atoms with van der Waals surface area (Å²) < 4.78 is 6.32. The quantitative estimate of drug-likeness (QED) is 0.210. The Morgan fingerprint density at radius 3 is 2.59 bits per heavy atom. The molecular weight excluding hydrogens is 544 g/mol. The highest BCUT2D eigenvalue weighted by Gasteiger charge is 2.68. The SMILES string of the molecule is C=C[C@]1(C)C[C@@H](OC(=O)CS[C@@H]2C[C@H](NC(=O)[C@H](N)CO)CC[C@@H]2O)[C@]2(C)C(C)CCC3(CCC(=O)[C@H]32)[C@@H](C)[C@@H]1O. The van der Waals surface area contributed by atoms with Crippen LogP contribution in [0.1, 0.15) is 79.1 Å². The van der Waals surface area contributed by atoms with Crippen LogP contribution in [0.4, 0.5) is 0 Å². The normalized spacial score (nSPS) is 45.1. The second-order valence-corrected chi connectivity index (χ2v) is 15.0. The van der Waals surface area contributed by atoms with E-state index in [0.29, 0.717) is 32.1 Å². The van der Waals surface area contributed by atoms with E-state index in [9.17, 15) is 24.6 Å². The molecule has 0 radical (unpaired) electrons. The van der Waals surface area contributed by atoms with Crippen LogP contribution in [0.2, 0.25) is 0 Å². The summed E-state index contributed by atoms with van der Waals surface area (Å²) in [5.41, 5.74) is 4.03. The number of hydrogen-bond acceptors (Lipinski definition) is 9. The fraction of sp³-hybridized carbons (Fsp3) is 0.839. The molecule has 0 aromatic rings. The first-order valence-electron chi connectivity index (χ1n) is 15.2. The predicted molar refractivity (Wildman–Crippen MR) is 158 cm³/mol. The van der Waals surface area contributed by atoms with Crippen LogP contribution < -0.4 is 11.1 Å². The predicted octanol–water partition coefficient (Wildman–Crippen LogP) is 2.34. The van der Waals surface area contributed by atoms with Gasteiger partial charge < -0.3 is 31.1 Å². The molecule has 4 fully saturated rings. The van der Waals surface area contributed by atoms with Crippen LogP contribution in [0.5, 0.6) is 0 Å². The van der Waals surface area contributed by atoms with Crippen molar-refractivity contribution in [2.45, 2.75) is 115 Å². The summed E-state index contributed by atoms with van der Waals surface area (Å²) in [7, 11) is 0. The van der Waals surface area contributed by atoms with Gasteiger partial charge in [0.2, 0.25) is 5.91 Å². The Balaban J connectivity index is 1.52. The summed E-state index contributed by atoms with van der Waals surface area (Å²) in [4.78, 5) is 39.2. The van der Waals surface area contributed by atoms with Gasteiger partial charge in [-0.2, -0.15) is 0 Å². The van der Waals surface area contributed by atoms with Crippen molar-refractivity contribution in [1.29, 1.82) is 0 Å². The number of nitrogens with two attached hydrogens (primary N) is 1. The fourth-order valence-electron chi connectivity index (χ4n) is 8.68. The number of carbonyl (C=O) groups is 3. The van der Waals surface area contributed by atoms with Crippen LogP contribution in [0.15, 0.2) is 12.7 Å². The van der Waals surface area contributed by atoms with E-state index in [0.717, 1.165) is 19.3 Å². The van der Waals surface area contributed by atoms with Crippen molar-refractivity contribution in [3.63, 3.8) is 0 Å². The van der Waals surface area contributed by atoms with E-state index >= 15 is 0 Å². The topological polar surface area (TPSA) is 159 Å². The third-order valence-electron chi connectivity index (χ3n) is 11.6. The summed E-state index contributed by atoms with van der Waals surface area (Å²) in [6, 6.07) is -1.20. The number of esters is 1. The number of ether oxygens (including phenoxy) is 1. The minimum absolute atomic E-state index is 0.0209. The van der Waals surface area contributed by atoms with Crippen molar-refractivity contribution in [2.24, 2.45) is 39.7 Å². The molecule has 4 rings (SSSR count). The van der Waals surface area contributed by atoms with E-state index in [-0.39, 0.29) is 46.0 Å². The Bertz CT molecular complexity index is 1030. The number of ketones is 1. The van der Waals surface area contributed by atoms with E-state index in [1.165, 1.54) is 11.8 Å². The monoisotopic (exact) mass is 594 g/mol. The number of hydrogen-bond donors (Lipinski definition) is 5. The van der Waals surface area contributed by atoms with E-state index in [4.69, 9.17) is 15.6 Å². The van der Waals surface area contributed by atoms with Crippen LogP contribution in [-0.4, -0.2) is 81.0 Å². The standard InChI is InChI=1S/C31H50N2O7S/c1-6-29(4)14-24(30(5)17(2)9-11-31(18(3)27(29)38)12-10-22(36)26(30)31)40-25(37)16-41-23-13-19(7-8-21(23)35)33-28(39)20(32)15-34/h6,17-21,23-24,26-27,34-35,38H,1,7-16,32H2,2-5H3,(H,33,39)/t17?,18-,19+,20+,21-,23+,24+,26-,27-,29+,30-,31?/m0/s1. The number of rotatable bonds is 8. The van der Waals surface area contributed by atoms with Gasteiger partial charge in [0.05, 0.1) is 24.6 Å². The zero-order chi connectivity index (χ0) is 30.3. The van der Waals surface area contributed by atoms with Gasteiger partial charge in [0, 0.05) is 34.5 Å². The van der Waals surface area contributed by atoms with Crippen molar-refractivity contribution >= 4 is 29.4 Å². The number of nitrogens with one attached hydrogen (secondary N) is 1. The van der Waals surface area contributed by atoms with Gasteiger partial charge in [-0.3, -0.25) is 14.4 Å². The summed E-state index contributed by atoms with van der Waals surface area (Å²) in [5, 5.41) is 34.0. The van der Waals surface area contributed by atoms with Crippen LogP contribution in [-0.2, 0) is 19.1 Å². The van der Waals surface area contributed by atoms with Crippen molar-refractivity contribution in [1.82, 2.24) is 5.32 Å². The first-order valence-corrected chi connectivity index (χ1v) is 16.3. The lowest BCUT2D eigenvalue weighted by molar-refractivity contribution is -0.205. The zero-order valence-corrected chi connectivity index (χ0v) is 25.8. The minimum Gasteiger partial charge on any atom is -0.461 e. The molecule has 1 amide bonds. The van der Waals surface area contributed by atoms with Crippen molar-refractivity contribution in [2.75, 3.05) is 12.4 Å². The molecule has 4 aliphatic rings. The summed E-state index contributed by atoms with van der Waals surface area (Å²) in [6.07, 6.45) is 4.81. The molecule has 2 bridgehead atoms. The molecule has 0 aromatic carbocycles. The number of carbonyl (C=O) groups excluding carboxylic acids is 3.